The Morgan fingerprint density at radius 1 is 1.10 bits per heavy atom. The van der Waals surface area contributed by atoms with Crippen LogP contribution in [0.2, 0.25) is 0 Å². The predicted molar refractivity (Wildman–Crippen MR) is 111 cm³/mol. The Kier molecular flexibility index (Phi) is 6.63. The summed E-state index contributed by atoms with van der Waals surface area (Å²) in [6.45, 7) is 0.0904. The van der Waals surface area contributed by atoms with E-state index in [1.165, 1.54) is 0 Å². The molecule has 0 saturated carbocycles. The molecule has 8 nitrogen and oxygen atoms in total. The van der Waals surface area contributed by atoms with E-state index in [9.17, 15) is 23.1 Å². The van der Waals surface area contributed by atoms with E-state index < -0.39 is 27.1 Å². The van der Waals surface area contributed by atoms with Gasteiger partial charge in [0.05, 0.1) is 0 Å². The fourth-order valence-electron chi connectivity index (χ4n) is 3.11. The van der Waals surface area contributed by atoms with Crippen LogP contribution >= 0.6 is 0 Å². The molecule has 0 radical (unpaired) electrons. The van der Waals surface area contributed by atoms with Gasteiger partial charge < -0.3 is 14.8 Å². The summed E-state index contributed by atoms with van der Waals surface area (Å²) in [6, 6.07) is 15.1. The van der Waals surface area contributed by atoms with Gasteiger partial charge in [-0.25, -0.2) is 13.4 Å². The Hall–Kier alpha value is -3.04. The summed E-state index contributed by atoms with van der Waals surface area (Å²) in [5.41, 5.74) is 1.43. The molecular weight excluding hydrogens is 408 g/mol. The van der Waals surface area contributed by atoms with Crippen molar-refractivity contribution in [3.05, 3.63) is 66.1 Å². The fourth-order valence-corrected chi connectivity index (χ4v) is 4.35. The SMILES string of the molecule is CS(=O)(=O)C(c1ccccc1)C(O)C(=O)NCCCC(=O)c1nc2ccccc2o1. The molecule has 0 fully saturated rings. The van der Waals surface area contributed by atoms with Gasteiger partial charge in [-0.15, -0.1) is 0 Å². The first-order valence-electron chi connectivity index (χ1n) is 9.36. The number of sulfone groups is 1. The first-order chi connectivity index (χ1) is 14.3. The van der Waals surface area contributed by atoms with Crippen molar-refractivity contribution in [1.82, 2.24) is 10.3 Å². The standard InChI is InChI=1S/C21H22N2O6S/c1-30(27,28)19(14-8-3-2-4-9-14)18(25)20(26)22-13-7-11-16(24)21-23-15-10-5-6-12-17(15)29-21/h2-6,8-10,12,18-19,25H,7,11,13H2,1H3,(H,22,26). The van der Waals surface area contributed by atoms with Crippen LogP contribution in [-0.2, 0) is 14.6 Å². The van der Waals surface area contributed by atoms with E-state index in [4.69, 9.17) is 4.42 Å². The van der Waals surface area contributed by atoms with Crippen LogP contribution in [0.25, 0.3) is 11.1 Å². The third kappa shape index (κ3) is 5.11. The third-order valence-electron chi connectivity index (χ3n) is 4.56. The molecule has 2 aromatic carbocycles. The van der Waals surface area contributed by atoms with Gasteiger partial charge in [-0.1, -0.05) is 42.5 Å². The monoisotopic (exact) mass is 430 g/mol. The quantitative estimate of drug-likeness (QED) is 0.393. The number of benzene rings is 2. The molecule has 0 aliphatic heterocycles. The van der Waals surface area contributed by atoms with Crippen LogP contribution in [0.15, 0.2) is 59.0 Å². The van der Waals surface area contributed by atoms with Gasteiger partial charge in [-0.05, 0) is 24.1 Å². The number of para-hydroxylation sites is 2. The number of nitrogens with zero attached hydrogens (tertiary/aromatic N) is 1. The van der Waals surface area contributed by atoms with E-state index in [0.717, 1.165) is 6.26 Å². The normalized spacial score (nSPS) is 13.7. The molecule has 1 amide bonds. The largest absolute Gasteiger partial charge is 0.434 e. The first-order valence-corrected chi connectivity index (χ1v) is 11.3. The number of amides is 1. The summed E-state index contributed by atoms with van der Waals surface area (Å²) >= 11 is 0. The molecule has 30 heavy (non-hydrogen) atoms. The van der Waals surface area contributed by atoms with Gasteiger partial charge in [-0.2, -0.15) is 0 Å². The highest BCUT2D eigenvalue weighted by Crippen LogP contribution is 2.25. The summed E-state index contributed by atoms with van der Waals surface area (Å²) in [6.07, 6.45) is -0.433. The molecule has 2 atom stereocenters. The molecule has 3 rings (SSSR count). The number of aromatic nitrogens is 1. The van der Waals surface area contributed by atoms with Gasteiger partial charge >= 0.3 is 0 Å². The average molecular weight is 430 g/mol. The zero-order valence-corrected chi connectivity index (χ0v) is 17.1. The summed E-state index contributed by atoms with van der Waals surface area (Å²) in [7, 11) is -3.74. The van der Waals surface area contributed by atoms with E-state index in [1.54, 1.807) is 54.6 Å². The number of aliphatic hydroxyl groups is 1. The minimum Gasteiger partial charge on any atom is -0.434 e. The van der Waals surface area contributed by atoms with Crippen molar-refractivity contribution < 1.29 is 27.5 Å². The molecule has 0 aliphatic carbocycles. The highest BCUT2D eigenvalue weighted by molar-refractivity contribution is 7.91. The molecular formula is C21H22N2O6S. The number of carbonyl (C=O) groups excluding carboxylic acids is 2. The first kappa shape index (κ1) is 21.7. The molecule has 158 valence electrons. The summed E-state index contributed by atoms with van der Waals surface area (Å²) in [5, 5.41) is 11.5. The van der Waals surface area contributed by atoms with Gasteiger partial charge in [0.15, 0.2) is 21.5 Å². The smallest absolute Gasteiger partial charge is 0.264 e. The molecule has 2 N–H and O–H groups in total. The lowest BCUT2D eigenvalue weighted by Crippen LogP contribution is -2.41. The van der Waals surface area contributed by atoms with E-state index in [-0.39, 0.29) is 31.1 Å². The highest BCUT2D eigenvalue weighted by Gasteiger charge is 2.35. The maximum atomic E-state index is 12.3. The second-order valence-corrected chi connectivity index (χ2v) is 9.08. The second-order valence-electron chi connectivity index (χ2n) is 6.91. The molecule has 1 heterocycles. The van der Waals surface area contributed by atoms with E-state index in [2.05, 4.69) is 10.3 Å². The molecule has 0 bridgehead atoms. The number of aliphatic hydroxyl groups excluding tert-OH is 1. The number of nitrogens with one attached hydrogen (secondary N) is 1. The number of ketones is 1. The molecule has 0 spiro atoms. The number of oxazole rings is 1. The van der Waals surface area contributed by atoms with E-state index in [1.807, 2.05) is 0 Å². The van der Waals surface area contributed by atoms with Crippen molar-refractivity contribution in [3.63, 3.8) is 0 Å². The van der Waals surface area contributed by atoms with Gasteiger partial charge in [0.1, 0.15) is 10.8 Å². The van der Waals surface area contributed by atoms with Crippen LogP contribution in [-0.4, -0.2) is 49.1 Å². The average Bonchev–Trinajstić information content (AvgIpc) is 3.15. The Morgan fingerprint density at radius 2 is 1.77 bits per heavy atom. The predicted octanol–water partition coefficient (Wildman–Crippen LogP) is 2.05. The molecule has 1 aromatic heterocycles. The number of Topliss-reactive ketones (excluding diaryl/α,β-unsaturated/α-hetero) is 1. The van der Waals surface area contributed by atoms with Gasteiger partial charge in [0.25, 0.3) is 11.8 Å². The topological polar surface area (TPSA) is 127 Å². The summed E-state index contributed by atoms with van der Waals surface area (Å²) in [5.74, 6) is -1.12. The summed E-state index contributed by atoms with van der Waals surface area (Å²) < 4.78 is 29.7. The van der Waals surface area contributed by atoms with E-state index in [0.29, 0.717) is 16.7 Å². The molecule has 3 aromatic rings. The Bertz CT molecular complexity index is 1110. The second kappa shape index (κ2) is 9.19. The van der Waals surface area contributed by atoms with Crippen LogP contribution < -0.4 is 5.32 Å². The third-order valence-corrected chi connectivity index (χ3v) is 6.01. The number of fused-ring (bicyclic) bond motifs is 1. The van der Waals surface area contributed by atoms with Crippen molar-refractivity contribution in [3.8, 4) is 0 Å². The van der Waals surface area contributed by atoms with Gasteiger partial charge in [0.2, 0.25) is 5.78 Å². The Morgan fingerprint density at radius 3 is 2.43 bits per heavy atom. The maximum Gasteiger partial charge on any atom is 0.264 e. The van der Waals surface area contributed by atoms with Crippen LogP contribution in [0.5, 0.6) is 0 Å². The molecule has 0 saturated heterocycles. The highest BCUT2D eigenvalue weighted by atomic mass is 32.2. The number of rotatable bonds is 9. The lowest BCUT2D eigenvalue weighted by Gasteiger charge is -2.21. The van der Waals surface area contributed by atoms with Crippen molar-refractivity contribution in [2.75, 3.05) is 12.8 Å². The molecule has 2 unspecified atom stereocenters. The van der Waals surface area contributed by atoms with Crippen molar-refractivity contribution in [1.29, 1.82) is 0 Å². The van der Waals surface area contributed by atoms with Gasteiger partial charge in [0, 0.05) is 19.2 Å². The number of carbonyl (C=O) groups is 2. The zero-order chi connectivity index (χ0) is 21.7. The van der Waals surface area contributed by atoms with Crippen molar-refractivity contribution in [2.45, 2.75) is 24.2 Å². The minimum absolute atomic E-state index is 0.00350. The number of hydrogen-bond acceptors (Lipinski definition) is 7. The van der Waals surface area contributed by atoms with Crippen LogP contribution in [0, 0.1) is 0 Å². The van der Waals surface area contributed by atoms with Crippen molar-refractivity contribution in [2.24, 2.45) is 0 Å². The van der Waals surface area contributed by atoms with Gasteiger partial charge in [-0.3, -0.25) is 9.59 Å². The number of hydrogen-bond donors (Lipinski definition) is 2. The van der Waals surface area contributed by atoms with Crippen LogP contribution in [0.3, 0.4) is 0 Å². The lowest BCUT2D eigenvalue weighted by atomic mass is 10.1. The van der Waals surface area contributed by atoms with Crippen LogP contribution in [0.1, 0.15) is 34.3 Å². The minimum atomic E-state index is -3.74. The molecule has 9 heteroatoms. The summed E-state index contributed by atoms with van der Waals surface area (Å²) in [4.78, 5) is 28.6. The fraction of sp³-hybridized carbons (Fsp3) is 0.286. The molecule has 0 aliphatic rings. The van der Waals surface area contributed by atoms with E-state index >= 15 is 0 Å². The Labute approximate surface area is 173 Å². The maximum absolute atomic E-state index is 12.3. The Balaban J connectivity index is 1.54. The zero-order valence-electron chi connectivity index (χ0n) is 16.3. The van der Waals surface area contributed by atoms with Crippen LogP contribution in [0.4, 0.5) is 0 Å². The lowest BCUT2D eigenvalue weighted by molar-refractivity contribution is -0.129. The van der Waals surface area contributed by atoms with Crippen molar-refractivity contribution >= 4 is 32.6 Å².